The van der Waals surface area contributed by atoms with Crippen molar-refractivity contribution >= 4 is 53.9 Å². The lowest BCUT2D eigenvalue weighted by atomic mass is 10.7. The summed E-state index contributed by atoms with van der Waals surface area (Å²) in [6, 6.07) is 0. The Balaban J connectivity index is -0.0000000800. The lowest BCUT2D eigenvalue weighted by Crippen LogP contribution is -2.10. The van der Waals surface area contributed by atoms with Crippen molar-refractivity contribution < 1.29 is 9.90 Å². The highest BCUT2D eigenvalue weighted by Gasteiger charge is 1.81. The summed E-state index contributed by atoms with van der Waals surface area (Å²) in [6.07, 6.45) is 0. The Morgan fingerprint density at radius 2 is 1.86 bits per heavy atom. The van der Waals surface area contributed by atoms with Crippen LogP contribution >= 0.6 is 48.0 Å². The molecule has 0 rings (SSSR count). The molecular formula is C2H6I2NO2. The van der Waals surface area contributed by atoms with Gasteiger partial charge in [0.1, 0.15) is 0 Å². The summed E-state index contributed by atoms with van der Waals surface area (Å²) in [6.45, 7) is -0.278. The molecule has 45 valence electrons. The van der Waals surface area contributed by atoms with E-state index < -0.39 is 5.97 Å². The second-order valence-electron chi connectivity index (χ2n) is 0.598. The molecule has 0 amide bonds. The summed E-state index contributed by atoms with van der Waals surface area (Å²) < 4.78 is 0. The quantitative estimate of drug-likeness (QED) is 0.690. The molecule has 0 saturated heterocycles. The number of carboxylic acid groups (broad SMARTS) is 1. The Labute approximate surface area is 75.7 Å². The standard InChI is InChI=1S/C2H5NO2.HI.I/c3-1-2(4)5;;/h1,3H2,(H,4,5);1H;. The zero-order valence-corrected chi connectivity index (χ0v) is 7.91. The van der Waals surface area contributed by atoms with Crippen LogP contribution in [0.2, 0.25) is 0 Å². The van der Waals surface area contributed by atoms with E-state index in [0.29, 0.717) is 0 Å². The second kappa shape index (κ2) is 10.00. The first-order valence-electron chi connectivity index (χ1n) is 1.19. The number of rotatable bonds is 1. The molecule has 0 atom stereocenters. The van der Waals surface area contributed by atoms with E-state index in [1.807, 2.05) is 0 Å². The van der Waals surface area contributed by atoms with Crippen molar-refractivity contribution in [1.29, 1.82) is 0 Å². The van der Waals surface area contributed by atoms with Crippen LogP contribution in [0.5, 0.6) is 0 Å². The van der Waals surface area contributed by atoms with Crippen LogP contribution in [0.25, 0.3) is 0 Å². The van der Waals surface area contributed by atoms with Gasteiger partial charge in [-0.3, -0.25) is 4.79 Å². The van der Waals surface area contributed by atoms with E-state index >= 15 is 0 Å². The normalized spacial score (nSPS) is 5.29. The van der Waals surface area contributed by atoms with Crippen LogP contribution < -0.4 is 5.73 Å². The minimum atomic E-state index is -0.968. The number of nitrogens with two attached hydrogens (primary N) is 1. The van der Waals surface area contributed by atoms with Gasteiger partial charge in [-0.15, -0.1) is 24.0 Å². The molecule has 0 aromatic rings. The van der Waals surface area contributed by atoms with Gasteiger partial charge in [0.05, 0.1) is 6.54 Å². The second-order valence-corrected chi connectivity index (χ2v) is 0.598. The molecule has 0 saturated carbocycles. The number of hydrogen-bond acceptors (Lipinski definition) is 2. The molecule has 7 heavy (non-hydrogen) atoms. The van der Waals surface area contributed by atoms with Crippen molar-refractivity contribution in [2.45, 2.75) is 0 Å². The maximum Gasteiger partial charge on any atom is 0.317 e. The van der Waals surface area contributed by atoms with E-state index in [2.05, 4.69) is 5.73 Å². The fourth-order valence-electron chi connectivity index (χ4n) is 0. The first-order valence-corrected chi connectivity index (χ1v) is 1.19. The number of carbonyl (C=O) groups is 1. The molecule has 0 heterocycles. The first-order chi connectivity index (χ1) is 2.27. The van der Waals surface area contributed by atoms with E-state index in [-0.39, 0.29) is 54.5 Å². The fourth-order valence-corrected chi connectivity index (χ4v) is 0. The van der Waals surface area contributed by atoms with E-state index in [1.165, 1.54) is 0 Å². The molecule has 0 aliphatic rings. The molecule has 1 radical (unpaired) electrons. The van der Waals surface area contributed by atoms with Gasteiger partial charge in [0.15, 0.2) is 0 Å². The number of hydrogen-bond donors (Lipinski definition) is 2. The Hall–Kier alpha value is 0.890. The Morgan fingerprint density at radius 3 is 1.86 bits per heavy atom. The Kier molecular flexibility index (Phi) is 22.4. The summed E-state index contributed by atoms with van der Waals surface area (Å²) in [5.41, 5.74) is 4.57. The maximum atomic E-state index is 9.24. The van der Waals surface area contributed by atoms with Crippen LogP contribution in [-0.2, 0) is 4.79 Å². The van der Waals surface area contributed by atoms with Crippen LogP contribution in [0.1, 0.15) is 0 Å². The molecule has 0 bridgehead atoms. The molecule has 0 aromatic heterocycles. The van der Waals surface area contributed by atoms with Crippen molar-refractivity contribution in [3.8, 4) is 0 Å². The smallest absolute Gasteiger partial charge is 0.317 e. The third kappa shape index (κ3) is 19.7. The Bertz CT molecular complexity index is 49.0. The molecule has 0 fully saturated rings. The summed E-state index contributed by atoms with van der Waals surface area (Å²) >= 11 is 0. The van der Waals surface area contributed by atoms with Gasteiger partial charge in [-0.05, 0) is 0 Å². The highest BCUT2D eigenvalue weighted by atomic mass is 127. The highest BCUT2D eigenvalue weighted by molar-refractivity contribution is 14.0. The minimum absolute atomic E-state index is 0. The zero-order valence-electron chi connectivity index (χ0n) is 3.43. The molecule has 0 aromatic carbocycles. The van der Waals surface area contributed by atoms with E-state index in [1.54, 1.807) is 0 Å². The van der Waals surface area contributed by atoms with Crippen LogP contribution in [0.4, 0.5) is 0 Å². The lowest BCUT2D eigenvalue weighted by Gasteiger charge is -1.73. The molecular weight excluding hydrogens is 324 g/mol. The van der Waals surface area contributed by atoms with Gasteiger partial charge < -0.3 is 10.8 Å². The zero-order chi connectivity index (χ0) is 4.28. The fraction of sp³-hybridized carbons (Fsp3) is 0.500. The van der Waals surface area contributed by atoms with Gasteiger partial charge in [0.2, 0.25) is 0 Å². The molecule has 0 aliphatic heterocycles. The molecule has 5 heteroatoms. The minimum Gasteiger partial charge on any atom is -0.480 e. The topological polar surface area (TPSA) is 63.3 Å². The first kappa shape index (κ1) is 15.7. The van der Waals surface area contributed by atoms with Crippen molar-refractivity contribution in [2.24, 2.45) is 5.73 Å². The van der Waals surface area contributed by atoms with Gasteiger partial charge in [0.25, 0.3) is 0 Å². The third-order valence-electron chi connectivity index (χ3n) is 0.175. The summed E-state index contributed by atoms with van der Waals surface area (Å²) in [7, 11) is 0. The summed E-state index contributed by atoms with van der Waals surface area (Å²) in [5.74, 6) is -0.968. The Morgan fingerprint density at radius 1 is 1.71 bits per heavy atom. The largest absolute Gasteiger partial charge is 0.480 e. The average molecular weight is 330 g/mol. The predicted octanol–water partition coefficient (Wildman–Crippen LogP) is 0.533. The van der Waals surface area contributed by atoms with Crippen LogP contribution in [-0.4, -0.2) is 17.6 Å². The summed E-state index contributed by atoms with van der Waals surface area (Å²) in [5, 5.41) is 7.60. The molecule has 0 spiro atoms. The predicted molar refractivity (Wildman–Crippen MR) is 46.1 cm³/mol. The van der Waals surface area contributed by atoms with Crippen molar-refractivity contribution in [1.82, 2.24) is 0 Å². The lowest BCUT2D eigenvalue weighted by molar-refractivity contribution is -0.135. The van der Waals surface area contributed by atoms with Crippen LogP contribution in [0.15, 0.2) is 0 Å². The molecule has 3 nitrogen and oxygen atoms in total. The van der Waals surface area contributed by atoms with Gasteiger partial charge in [-0.1, -0.05) is 0 Å². The van der Waals surface area contributed by atoms with Crippen molar-refractivity contribution in [3.05, 3.63) is 0 Å². The molecule has 0 unspecified atom stereocenters. The van der Waals surface area contributed by atoms with Gasteiger partial charge in [-0.2, -0.15) is 0 Å². The van der Waals surface area contributed by atoms with Gasteiger partial charge in [0, 0.05) is 24.0 Å². The van der Waals surface area contributed by atoms with Crippen molar-refractivity contribution in [2.75, 3.05) is 6.54 Å². The highest BCUT2D eigenvalue weighted by Crippen LogP contribution is 1.43. The molecule has 0 aliphatic carbocycles. The SMILES string of the molecule is I.NCC(=O)O.[I]. The number of carboxylic acids is 1. The van der Waals surface area contributed by atoms with Gasteiger partial charge in [-0.25, -0.2) is 0 Å². The van der Waals surface area contributed by atoms with E-state index in [4.69, 9.17) is 5.11 Å². The van der Waals surface area contributed by atoms with Crippen LogP contribution in [0, 0.1) is 0 Å². The van der Waals surface area contributed by atoms with Gasteiger partial charge >= 0.3 is 5.97 Å². The van der Waals surface area contributed by atoms with Crippen LogP contribution in [0.3, 0.4) is 0 Å². The molecule has 3 N–H and O–H groups in total. The monoisotopic (exact) mass is 330 g/mol. The summed E-state index contributed by atoms with van der Waals surface area (Å²) in [4.78, 5) is 9.24. The van der Waals surface area contributed by atoms with E-state index in [9.17, 15) is 4.79 Å². The van der Waals surface area contributed by atoms with Crippen molar-refractivity contribution in [3.63, 3.8) is 0 Å². The number of aliphatic carboxylic acids is 1. The van der Waals surface area contributed by atoms with E-state index in [0.717, 1.165) is 0 Å². The average Bonchev–Trinajstić information content (AvgIpc) is 1.38. The maximum absolute atomic E-state index is 9.24. The third-order valence-corrected chi connectivity index (χ3v) is 0.175. The number of halogens is 2.